The van der Waals surface area contributed by atoms with Crippen molar-refractivity contribution >= 4 is 0 Å². The third-order valence-corrected chi connectivity index (χ3v) is 3.43. The van der Waals surface area contributed by atoms with Gasteiger partial charge in [-0.1, -0.05) is 18.1 Å². The predicted molar refractivity (Wildman–Crippen MR) is 73.2 cm³/mol. The number of aromatic hydroxyl groups is 1. The van der Waals surface area contributed by atoms with E-state index in [0.29, 0.717) is 11.8 Å². The van der Waals surface area contributed by atoms with Crippen LogP contribution in [0.15, 0.2) is 24.3 Å². The van der Waals surface area contributed by atoms with Crippen molar-refractivity contribution in [2.24, 2.45) is 0 Å². The topological polar surface area (TPSA) is 35.5 Å². The summed E-state index contributed by atoms with van der Waals surface area (Å²) in [4.78, 5) is 2.32. The van der Waals surface area contributed by atoms with Gasteiger partial charge in [0.1, 0.15) is 5.75 Å². The summed E-state index contributed by atoms with van der Waals surface area (Å²) in [6.45, 7) is 3.79. The maximum absolute atomic E-state index is 9.21. The maximum atomic E-state index is 9.21. The fourth-order valence-electron chi connectivity index (χ4n) is 2.30. The first-order valence-corrected chi connectivity index (χ1v) is 6.45. The highest BCUT2D eigenvalue weighted by molar-refractivity contribution is 5.25. The molecule has 0 radical (unpaired) electrons. The Labute approximate surface area is 109 Å². The van der Waals surface area contributed by atoms with Crippen molar-refractivity contribution in [1.82, 2.24) is 10.2 Å². The predicted octanol–water partition coefficient (Wildman–Crippen LogP) is 1.58. The first kappa shape index (κ1) is 12.9. The Kier molecular flexibility index (Phi) is 4.63. The summed E-state index contributed by atoms with van der Waals surface area (Å²) in [6, 6.07) is 7.94. The van der Waals surface area contributed by atoms with Crippen molar-refractivity contribution in [3.05, 3.63) is 29.8 Å². The van der Waals surface area contributed by atoms with E-state index in [1.54, 1.807) is 12.1 Å². The second kappa shape index (κ2) is 6.44. The Hall–Kier alpha value is -1.50. The molecule has 96 valence electrons. The zero-order chi connectivity index (χ0) is 12.8. The van der Waals surface area contributed by atoms with Crippen LogP contribution in [-0.2, 0) is 6.54 Å². The Bertz CT molecular complexity index is 399. The lowest BCUT2D eigenvalue weighted by atomic mass is 10.0. The number of phenolic OH excluding ortho intramolecular Hbond substituents is 1. The van der Waals surface area contributed by atoms with E-state index >= 15 is 0 Å². The molecule has 2 N–H and O–H groups in total. The van der Waals surface area contributed by atoms with Crippen LogP contribution in [0.1, 0.15) is 18.4 Å². The lowest BCUT2D eigenvalue weighted by Crippen LogP contribution is -2.42. The second-order valence-electron chi connectivity index (χ2n) is 4.80. The summed E-state index contributed by atoms with van der Waals surface area (Å²) < 4.78 is 0. The number of hydrogen-bond donors (Lipinski definition) is 2. The maximum Gasteiger partial charge on any atom is 0.115 e. The van der Waals surface area contributed by atoms with E-state index in [9.17, 15) is 5.11 Å². The molecule has 0 aliphatic carbocycles. The van der Waals surface area contributed by atoms with Crippen molar-refractivity contribution in [3.8, 4) is 18.1 Å². The highest BCUT2D eigenvalue weighted by Crippen LogP contribution is 2.12. The molecule has 3 nitrogen and oxygen atoms in total. The molecular weight excluding hydrogens is 224 g/mol. The second-order valence-corrected chi connectivity index (χ2v) is 4.80. The summed E-state index contributed by atoms with van der Waals surface area (Å²) in [7, 11) is 0. The average molecular weight is 244 g/mol. The third-order valence-electron chi connectivity index (χ3n) is 3.43. The number of phenols is 1. The Morgan fingerprint density at radius 1 is 1.28 bits per heavy atom. The molecule has 0 unspecified atom stereocenters. The van der Waals surface area contributed by atoms with Crippen molar-refractivity contribution in [2.45, 2.75) is 25.4 Å². The van der Waals surface area contributed by atoms with E-state index in [2.05, 4.69) is 16.1 Å². The third kappa shape index (κ3) is 3.76. The largest absolute Gasteiger partial charge is 0.508 e. The molecule has 0 aromatic heterocycles. The number of benzene rings is 1. The van der Waals surface area contributed by atoms with Crippen LogP contribution in [0.4, 0.5) is 0 Å². The SMILES string of the molecule is C#CCN1CCC(NCc2ccc(O)cc2)CC1. The number of hydrogen-bond acceptors (Lipinski definition) is 3. The summed E-state index contributed by atoms with van der Waals surface area (Å²) >= 11 is 0. The van der Waals surface area contributed by atoms with E-state index in [1.807, 2.05) is 12.1 Å². The van der Waals surface area contributed by atoms with Gasteiger partial charge in [-0.15, -0.1) is 6.42 Å². The molecule has 3 heteroatoms. The van der Waals surface area contributed by atoms with E-state index in [1.165, 1.54) is 5.56 Å². The number of nitrogens with zero attached hydrogens (tertiary/aromatic N) is 1. The molecule has 1 aliphatic heterocycles. The fourth-order valence-corrected chi connectivity index (χ4v) is 2.30. The minimum absolute atomic E-state index is 0.321. The molecule has 18 heavy (non-hydrogen) atoms. The molecule has 1 fully saturated rings. The molecular formula is C15H20N2O. The summed E-state index contributed by atoms with van der Waals surface area (Å²) in [6.07, 6.45) is 7.62. The van der Waals surface area contributed by atoms with Gasteiger partial charge in [-0.25, -0.2) is 0 Å². The van der Waals surface area contributed by atoms with Gasteiger partial charge in [0.05, 0.1) is 6.54 Å². The molecule has 1 heterocycles. The van der Waals surface area contributed by atoms with Gasteiger partial charge in [0, 0.05) is 25.7 Å². The number of terminal acetylenes is 1. The number of likely N-dealkylation sites (tertiary alicyclic amines) is 1. The first-order valence-electron chi connectivity index (χ1n) is 6.45. The van der Waals surface area contributed by atoms with E-state index in [-0.39, 0.29) is 0 Å². The summed E-state index contributed by atoms with van der Waals surface area (Å²) in [5, 5.41) is 12.8. The summed E-state index contributed by atoms with van der Waals surface area (Å²) in [5.74, 6) is 3.02. The first-order chi connectivity index (χ1) is 8.78. The van der Waals surface area contributed by atoms with Gasteiger partial charge in [-0.05, 0) is 30.5 Å². The van der Waals surface area contributed by atoms with Crippen LogP contribution in [0.25, 0.3) is 0 Å². The van der Waals surface area contributed by atoms with Gasteiger partial charge in [0.15, 0.2) is 0 Å². The van der Waals surface area contributed by atoms with Crippen LogP contribution in [0.3, 0.4) is 0 Å². The highest BCUT2D eigenvalue weighted by atomic mass is 16.3. The molecule has 0 amide bonds. The molecule has 1 aliphatic rings. The molecule has 0 spiro atoms. The zero-order valence-electron chi connectivity index (χ0n) is 10.6. The van der Waals surface area contributed by atoms with Crippen molar-refractivity contribution in [3.63, 3.8) is 0 Å². The van der Waals surface area contributed by atoms with Gasteiger partial charge in [0.25, 0.3) is 0 Å². The van der Waals surface area contributed by atoms with Gasteiger partial charge < -0.3 is 10.4 Å². The average Bonchev–Trinajstić information content (AvgIpc) is 2.40. The Morgan fingerprint density at radius 2 is 1.94 bits per heavy atom. The number of rotatable bonds is 4. The molecule has 2 rings (SSSR count). The lowest BCUT2D eigenvalue weighted by molar-refractivity contribution is 0.217. The fraction of sp³-hybridized carbons (Fsp3) is 0.467. The highest BCUT2D eigenvalue weighted by Gasteiger charge is 2.17. The molecule has 0 saturated carbocycles. The van der Waals surface area contributed by atoms with Gasteiger partial charge >= 0.3 is 0 Å². The molecule has 1 aromatic carbocycles. The van der Waals surface area contributed by atoms with Crippen LogP contribution in [0.2, 0.25) is 0 Å². The molecule has 1 saturated heterocycles. The van der Waals surface area contributed by atoms with Crippen LogP contribution in [0, 0.1) is 12.3 Å². The minimum Gasteiger partial charge on any atom is -0.508 e. The normalized spacial score (nSPS) is 17.5. The van der Waals surface area contributed by atoms with Gasteiger partial charge in [-0.2, -0.15) is 0 Å². The van der Waals surface area contributed by atoms with Gasteiger partial charge in [-0.3, -0.25) is 4.90 Å². The molecule has 0 bridgehead atoms. The smallest absolute Gasteiger partial charge is 0.115 e. The van der Waals surface area contributed by atoms with Crippen molar-refractivity contribution in [2.75, 3.05) is 19.6 Å². The van der Waals surface area contributed by atoms with E-state index in [4.69, 9.17) is 6.42 Å². The van der Waals surface area contributed by atoms with E-state index in [0.717, 1.165) is 39.0 Å². The van der Waals surface area contributed by atoms with Crippen LogP contribution in [0.5, 0.6) is 5.75 Å². The Balaban J connectivity index is 1.72. The number of nitrogens with one attached hydrogen (secondary N) is 1. The minimum atomic E-state index is 0.321. The summed E-state index contributed by atoms with van der Waals surface area (Å²) in [5.41, 5.74) is 1.21. The monoisotopic (exact) mass is 244 g/mol. The molecule has 0 atom stereocenters. The quantitative estimate of drug-likeness (QED) is 0.789. The van der Waals surface area contributed by atoms with Crippen LogP contribution < -0.4 is 5.32 Å². The van der Waals surface area contributed by atoms with Crippen molar-refractivity contribution < 1.29 is 5.11 Å². The van der Waals surface area contributed by atoms with E-state index < -0.39 is 0 Å². The lowest BCUT2D eigenvalue weighted by Gasteiger charge is -2.31. The molecule has 1 aromatic rings. The van der Waals surface area contributed by atoms with Gasteiger partial charge in [0.2, 0.25) is 0 Å². The van der Waals surface area contributed by atoms with Crippen LogP contribution in [-0.4, -0.2) is 35.7 Å². The zero-order valence-corrected chi connectivity index (χ0v) is 10.6. The standard InChI is InChI=1S/C15H20N2O/c1-2-9-17-10-7-14(8-11-17)16-12-13-3-5-15(18)6-4-13/h1,3-6,14,16,18H,7-12H2. The van der Waals surface area contributed by atoms with Crippen LogP contribution >= 0.6 is 0 Å². The Morgan fingerprint density at radius 3 is 2.56 bits per heavy atom. The number of piperidine rings is 1. The van der Waals surface area contributed by atoms with Crippen molar-refractivity contribution in [1.29, 1.82) is 0 Å².